The number of phosphoric acid groups is 1. The van der Waals surface area contributed by atoms with Crippen LogP contribution in [0.5, 0.6) is 0 Å². The Hall–Kier alpha value is -0.130. The summed E-state index contributed by atoms with van der Waals surface area (Å²) in [5.74, 6) is 0. The number of nitrogens with one attached hydrogen (secondary N) is 2. The van der Waals surface area contributed by atoms with Crippen molar-refractivity contribution in [2.24, 2.45) is 0 Å². The average molecular weight is 447 g/mol. The Kier molecular flexibility index (Phi) is 17.7. The number of aliphatic hydroxyl groups is 3. The molecule has 11 heteroatoms. The molecular weight excluding hydrogens is 403 g/mol. The molecule has 0 bridgehead atoms. The molecule has 0 radical (unpaired) electrons. The number of hydrogen-bond acceptors (Lipinski definition) is 8. The monoisotopic (exact) mass is 446 g/mol. The second kappa shape index (κ2) is 16.5. The third kappa shape index (κ3) is 13.7. The van der Waals surface area contributed by atoms with E-state index in [1.54, 1.807) is 9.80 Å². The zero-order valence-electron chi connectivity index (χ0n) is 19.0. The molecule has 5 N–H and O–H groups in total. The Balaban J connectivity index is 0. The number of ether oxygens (including phenoxy) is 1. The van der Waals surface area contributed by atoms with Gasteiger partial charge in [0.2, 0.25) is 0 Å². The number of rotatable bonds is 8. The van der Waals surface area contributed by atoms with E-state index in [1.165, 1.54) is 46.2 Å². The maximum atomic E-state index is 10.3. The first-order chi connectivity index (χ1) is 13.4. The van der Waals surface area contributed by atoms with Crippen LogP contribution in [0.4, 0.5) is 0 Å². The quantitative estimate of drug-likeness (QED) is 0.241. The molecule has 1 rings (SSSR count). The summed E-state index contributed by atoms with van der Waals surface area (Å²) in [6.45, 7) is 22.3. The van der Waals surface area contributed by atoms with Crippen molar-refractivity contribution in [3.05, 3.63) is 0 Å². The first kappa shape index (κ1) is 31.1. The Morgan fingerprint density at radius 2 is 1.14 bits per heavy atom. The Morgan fingerprint density at radius 3 is 1.38 bits per heavy atom. The predicted octanol–water partition coefficient (Wildman–Crippen LogP) is -3.48. The van der Waals surface area contributed by atoms with E-state index in [4.69, 9.17) is 4.74 Å². The minimum Gasteiger partial charge on any atom is -0.790 e. The van der Waals surface area contributed by atoms with Gasteiger partial charge in [0.15, 0.2) is 6.29 Å². The lowest BCUT2D eigenvalue weighted by Crippen LogP contribution is -3.11. The molecule has 0 aromatic rings. The highest BCUT2D eigenvalue weighted by atomic mass is 31.2. The Morgan fingerprint density at radius 1 is 0.793 bits per heavy atom. The summed E-state index contributed by atoms with van der Waals surface area (Å²) < 4.78 is 18.8. The molecule has 10 nitrogen and oxygen atoms in total. The second-order valence-electron chi connectivity index (χ2n) is 6.86. The van der Waals surface area contributed by atoms with Crippen LogP contribution < -0.4 is 19.6 Å². The van der Waals surface area contributed by atoms with Crippen molar-refractivity contribution >= 4 is 7.82 Å². The topological polar surface area (TPSA) is 151 Å². The molecule has 1 unspecified atom stereocenters. The van der Waals surface area contributed by atoms with Crippen molar-refractivity contribution in [3.63, 3.8) is 0 Å². The van der Waals surface area contributed by atoms with E-state index in [9.17, 15) is 29.7 Å². The molecule has 0 amide bonds. The van der Waals surface area contributed by atoms with Gasteiger partial charge in [-0.15, -0.1) is 0 Å². The molecule has 0 spiro atoms. The van der Waals surface area contributed by atoms with Crippen LogP contribution in [0, 0.1) is 0 Å². The highest BCUT2D eigenvalue weighted by Gasteiger charge is 2.42. The van der Waals surface area contributed by atoms with E-state index < -0.39 is 38.5 Å². The fourth-order valence-electron chi connectivity index (χ4n) is 2.73. The molecule has 5 atom stereocenters. The zero-order chi connectivity index (χ0) is 23.2. The number of phosphoric ester groups is 1. The van der Waals surface area contributed by atoms with Gasteiger partial charge in [-0.25, -0.2) is 0 Å². The molecule has 0 aromatic carbocycles. The van der Waals surface area contributed by atoms with Crippen LogP contribution in [0.15, 0.2) is 0 Å². The normalized spacial score (nSPS) is 27.2. The van der Waals surface area contributed by atoms with E-state index in [-0.39, 0.29) is 0 Å². The van der Waals surface area contributed by atoms with Gasteiger partial charge >= 0.3 is 0 Å². The fourth-order valence-corrected chi connectivity index (χ4v) is 3.16. The molecule has 1 fully saturated rings. The van der Waals surface area contributed by atoms with Crippen LogP contribution >= 0.6 is 7.82 Å². The molecule has 29 heavy (non-hydrogen) atoms. The summed E-state index contributed by atoms with van der Waals surface area (Å²) in [5, 5.41) is 27.7. The van der Waals surface area contributed by atoms with Crippen molar-refractivity contribution in [2.75, 3.05) is 39.3 Å². The average Bonchev–Trinajstić information content (AvgIpc) is 2.67. The Labute approximate surface area is 175 Å². The molecule has 1 aliphatic rings. The van der Waals surface area contributed by atoms with E-state index >= 15 is 0 Å². The molecule has 1 saturated heterocycles. The van der Waals surface area contributed by atoms with Crippen LogP contribution in [0.1, 0.15) is 48.5 Å². The molecule has 178 valence electrons. The minimum absolute atomic E-state index is 0.958. The largest absolute Gasteiger partial charge is 0.790 e. The van der Waals surface area contributed by atoms with Gasteiger partial charge in [0.05, 0.1) is 53.2 Å². The third-order valence-electron chi connectivity index (χ3n) is 5.04. The zero-order valence-corrected chi connectivity index (χ0v) is 19.9. The van der Waals surface area contributed by atoms with Gasteiger partial charge in [-0.1, -0.05) is 0 Å². The van der Waals surface area contributed by atoms with Crippen molar-refractivity contribution in [1.29, 1.82) is 0 Å². The second-order valence-corrected chi connectivity index (χ2v) is 7.96. The van der Waals surface area contributed by atoms with Crippen LogP contribution in [0.2, 0.25) is 0 Å². The molecule has 0 saturated carbocycles. The van der Waals surface area contributed by atoms with Crippen molar-refractivity contribution in [1.82, 2.24) is 0 Å². The molecule has 0 aliphatic carbocycles. The predicted molar refractivity (Wildman–Crippen MR) is 106 cm³/mol. The summed E-state index contributed by atoms with van der Waals surface area (Å²) in [6.07, 6.45) is -7.56. The van der Waals surface area contributed by atoms with Gasteiger partial charge < -0.3 is 48.7 Å². The fraction of sp³-hybridized carbons (Fsp3) is 1.00. The van der Waals surface area contributed by atoms with Gasteiger partial charge in [-0.2, -0.15) is 0 Å². The van der Waals surface area contributed by atoms with Gasteiger partial charge in [0.25, 0.3) is 0 Å². The first-order valence-electron chi connectivity index (χ1n) is 10.5. The van der Waals surface area contributed by atoms with Gasteiger partial charge in [0.1, 0.15) is 18.3 Å². The summed E-state index contributed by atoms with van der Waals surface area (Å²) in [5.41, 5.74) is 0. The lowest BCUT2D eigenvalue weighted by molar-refractivity contribution is -0.894. The van der Waals surface area contributed by atoms with Gasteiger partial charge in [-0.05, 0) is 48.5 Å². The van der Waals surface area contributed by atoms with E-state index in [0.717, 1.165) is 0 Å². The summed E-state index contributed by atoms with van der Waals surface area (Å²) >= 11 is 0. The smallest absolute Gasteiger partial charge is 0.191 e. The van der Waals surface area contributed by atoms with Crippen molar-refractivity contribution in [3.8, 4) is 0 Å². The number of quaternary nitrogens is 2. The van der Waals surface area contributed by atoms with Gasteiger partial charge in [-0.3, -0.25) is 0 Å². The Bertz CT molecular complexity index is 409. The van der Waals surface area contributed by atoms with E-state index in [2.05, 4.69) is 46.1 Å². The SMILES string of the molecule is CC[NH+](CC)CC.CC[NH+](CC)CC.C[C@@H]1OC(OP(=O)([O-])[O-])[C@@H](O)[C@H](O)[C@@H]1O. The summed E-state index contributed by atoms with van der Waals surface area (Å²) in [7, 11) is -5.32. The molecule has 0 aromatic heterocycles. The first-order valence-corrected chi connectivity index (χ1v) is 11.9. The van der Waals surface area contributed by atoms with Crippen LogP contribution in [-0.2, 0) is 13.8 Å². The van der Waals surface area contributed by atoms with Gasteiger partial charge in [0, 0.05) is 0 Å². The minimum atomic E-state index is -5.32. The molecule has 1 aliphatic heterocycles. The van der Waals surface area contributed by atoms with E-state index in [1.807, 2.05) is 0 Å². The summed E-state index contributed by atoms with van der Waals surface area (Å²) in [6, 6.07) is 0. The molecular formula is C18H43N2O8P. The molecule has 1 heterocycles. The van der Waals surface area contributed by atoms with Crippen LogP contribution in [0.3, 0.4) is 0 Å². The summed E-state index contributed by atoms with van der Waals surface area (Å²) in [4.78, 5) is 23.9. The highest BCUT2D eigenvalue weighted by molar-refractivity contribution is 7.43. The van der Waals surface area contributed by atoms with Crippen LogP contribution in [0.25, 0.3) is 0 Å². The van der Waals surface area contributed by atoms with Crippen LogP contribution in [-0.4, -0.2) is 85.3 Å². The van der Waals surface area contributed by atoms with Crippen molar-refractivity contribution < 1.29 is 48.7 Å². The lowest BCUT2D eigenvalue weighted by Gasteiger charge is -2.42. The lowest BCUT2D eigenvalue weighted by atomic mass is 10.0. The van der Waals surface area contributed by atoms with E-state index in [0.29, 0.717) is 0 Å². The maximum absolute atomic E-state index is 10.3. The third-order valence-corrected chi connectivity index (χ3v) is 5.51. The standard InChI is InChI=1S/2C6H15N.C6H13O8P/c2*1-4-7(5-2)6-3;1-2-3(7)4(8)5(9)6(13-2)14-15(10,11)12/h2*4-6H2,1-3H3;2-9H,1H3,(H2,10,11,12)/t;;2-,3+,4+,5-,6?/m..0/s1. The van der Waals surface area contributed by atoms with Crippen molar-refractivity contribution in [2.45, 2.75) is 79.2 Å². The number of aliphatic hydroxyl groups excluding tert-OH is 3. The maximum Gasteiger partial charge on any atom is 0.191 e. The number of hydrogen-bond donors (Lipinski definition) is 5. The highest BCUT2D eigenvalue weighted by Crippen LogP contribution is 2.33.